The van der Waals surface area contributed by atoms with Crippen molar-refractivity contribution < 1.29 is 18.2 Å². The van der Waals surface area contributed by atoms with Crippen LogP contribution in [0.15, 0.2) is 35.6 Å². The molecule has 3 N–H and O–H groups in total. The minimum atomic E-state index is -1.76. The Bertz CT molecular complexity index is 780. The minimum Gasteiger partial charge on any atom is -0.369 e. The molecule has 1 heterocycles. The van der Waals surface area contributed by atoms with Crippen molar-refractivity contribution in [3.8, 4) is 0 Å². The largest absolute Gasteiger partial charge is 0.369 e. The molecule has 0 fully saturated rings. The molecule has 1 unspecified atom stereocenters. The summed E-state index contributed by atoms with van der Waals surface area (Å²) in [7, 11) is -1.76. The Morgan fingerprint density at radius 2 is 1.96 bits per heavy atom. The third-order valence-corrected chi connectivity index (χ3v) is 3.93. The van der Waals surface area contributed by atoms with Gasteiger partial charge in [0.2, 0.25) is 11.1 Å². The average Bonchev–Trinajstić information content (AvgIpc) is 2.48. The first-order valence-corrected chi connectivity index (χ1v) is 7.76. The highest BCUT2D eigenvalue weighted by molar-refractivity contribution is 7.85. The van der Waals surface area contributed by atoms with Gasteiger partial charge in [-0.3, -0.25) is 13.8 Å². The van der Waals surface area contributed by atoms with Gasteiger partial charge in [-0.1, -0.05) is 0 Å². The van der Waals surface area contributed by atoms with Crippen LogP contribution in [0.25, 0.3) is 0 Å². The van der Waals surface area contributed by atoms with E-state index in [4.69, 9.17) is 5.73 Å². The van der Waals surface area contributed by atoms with E-state index in [1.807, 2.05) is 0 Å². The Morgan fingerprint density at radius 1 is 1.30 bits per heavy atom. The topological polar surface area (TPSA) is 115 Å². The lowest BCUT2D eigenvalue weighted by Gasteiger charge is -2.08. The van der Waals surface area contributed by atoms with Crippen molar-refractivity contribution in [3.05, 3.63) is 47.5 Å². The van der Waals surface area contributed by atoms with Crippen LogP contribution in [0.5, 0.6) is 0 Å². The SMILES string of the molecule is Cc1nc(S(=O)CC(N)=O)ncc1C(=O)Nc1ccc(F)cc1. The van der Waals surface area contributed by atoms with Crippen molar-refractivity contribution in [2.24, 2.45) is 5.73 Å². The molecule has 2 rings (SSSR count). The second-order valence-electron chi connectivity index (χ2n) is 4.57. The molecule has 23 heavy (non-hydrogen) atoms. The molecule has 1 aromatic heterocycles. The summed E-state index contributed by atoms with van der Waals surface area (Å²) in [5.41, 5.74) is 5.85. The highest BCUT2D eigenvalue weighted by Gasteiger charge is 2.16. The van der Waals surface area contributed by atoms with E-state index in [1.165, 1.54) is 30.5 Å². The van der Waals surface area contributed by atoms with Crippen LogP contribution in [0, 0.1) is 12.7 Å². The molecule has 0 saturated heterocycles. The third kappa shape index (κ3) is 4.39. The van der Waals surface area contributed by atoms with E-state index in [2.05, 4.69) is 15.3 Å². The summed E-state index contributed by atoms with van der Waals surface area (Å²) in [5, 5.41) is 2.50. The number of hydrogen-bond acceptors (Lipinski definition) is 5. The number of aromatic nitrogens is 2. The number of carbonyl (C=O) groups is 2. The zero-order valence-electron chi connectivity index (χ0n) is 12.1. The number of aryl methyl sites for hydroxylation is 1. The van der Waals surface area contributed by atoms with Gasteiger partial charge in [-0.2, -0.15) is 0 Å². The van der Waals surface area contributed by atoms with Gasteiger partial charge in [0.1, 0.15) is 22.4 Å². The van der Waals surface area contributed by atoms with Crippen LogP contribution in [0.3, 0.4) is 0 Å². The Morgan fingerprint density at radius 3 is 2.52 bits per heavy atom. The van der Waals surface area contributed by atoms with Gasteiger partial charge in [0.05, 0.1) is 11.3 Å². The molecule has 2 aromatic rings. The lowest BCUT2D eigenvalue weighted by Crippen LogP contribution is -2.21. The Hall–Kier alpha value is -2.68. The number of nitrogens with two attached hydrogens (primary N) is 1. The lowest BCUT2D eigenvalue weighted by atomic mass is 10.2. The minimum absolute atomic E-state index is 0.0698. The molecular weight excluding hydrogens is 323 g/mol. The molecule has 0 aliphatic heterocycles. The number of anilines is 1. The van der Waals surface area contributed by atoms with E-state index in [0.717, 1.165) is 0 Å². The molecule has 0 aliphatic rings. The smallest absolute Gasteiger partial charge is 0.259 e. The van der Waals surface area contributed by atoms with E-state index in [0.29, 0.717) is 11.4 Å². The highest BCUT2D eigenvalue weighted by Crippen LogP contribution is 2.12. The van der Waals surface area contributed by atoms with Crippen molar-refractivity contribution in [1.82, 2.24) is 9.97 Å². The molecule has 0 aliphatic carbocycles. The number of carbonyl (C=O) groups excluding carboxylic acids is 2. The molecule has 120 valence electrons. The van der Waals surface area contributed by atoms with Crippen molar-refractivity contribution >= 4 is 28.3 Å². The van der Waals surface area contributed by atoms with E-state index in [-0.39, 0.29) is 16.5 Å². The summed E-state index contributed by atoms with van der Waals surface area (Å²) < 4.78 is 24.6. The van der Waals surface area contributed by atoms with E-state index >= 15 is 0 Å². The summed E-state index contributed by atoms with van der Waals surface area (Å²) in [6, 6.07) is 5.27. The van der Waals surface area contributed by atoms with Crippen LogP contribution in [-0.2, 0) is 15.6 Å². The van der Waals surface area contributed by atoms with Crippen LogP contribution < -0.4 is 11.1 Å². The number of nitrogens with zero attached hydrogens (tertiary/aromatic N) is 2. The normalized spacial score (nSPS) is 11.7. The van der Waals surface area contributed by atoms with Gasteiger partial charge in [-0.05, 0) is 31.2 Å². The van der Waals surface area contributed by atoms with Crippen molar-refractivity contribution in [3.63, 3.8) is 0 Å². The molecule has 9 heteroatoms. The molecule has 2 amide bonds. The zero-order chi connectivity index (χ0) is 17.0. The Balaban J connectivity index is 2.16. The highest BCUT2D eigenvalue weighted by atomic mass is 32.2. The van der Waals surface area contributed by atoms with Gasteiger partial charge >= 0.3 is 0 Å². The zero-order valence-corrected chi connectivity index (χ0v) is 12.9. The lowest BCUT2D eigenvalue weighted by molar-refractivity contribution is -0.115. The monoisotopic (exact) mass is 336 g/mol. The first-order valence-electron chi connectivity index (χ1n) is 6.44. The summed E-state index contributed by atoms with van der Waals surface area (Å²) in [6.45, 7) is 1.55. The van der Waals surface area contributed by atoms with E-state index in [9.17, 15) is 18.2 Å². The van der Waals surface area contributed by atoms with Gasteiger partial charge < -0.3 is 11.1 Å². The Kier molecular flexibility index (Phi) is 5.12. The van der Waals surface area contributed by atoms with Crippen LogP contribution in [0.4, 0.5) is 10.1 Å². The van der Waals surface area contributed by atoms with Gasteiger partial charge in [0.25, 0.3) is 5.91 Å². The van der Waals surface area contributed by atoms with Gasteiger partial charge in [0, 0.05) is 11.9 Å². The predicted octanol–water partition coefficient (Wildman–Crippen LogP) is 0.769. The van der Waals surface area contributed by atoms with Gasteiger partial charge in [-0.25, -0.2) is 14.4 Å². The second kappa shape index (κ2) is 7.05. The predicted molar refractivity (Wildman–Crippen MR) is 81.6 cm³/mol. The number of hydrogen-bond donors (Lipinski definition) is 2. The second-order valence-corrected chi connectivity index (χ2v) is 5.91. The van der Waals surface area contributed by atoms with Crippen molar-refractivity contribution in [2.45, 2.75) is 12.1 Å². The maximum absolute atomic E-state index is 12.8. The summed E-state index contributed by atoms with van der Waals surface area (Å²) in [5.74, 6) is -2.02. The average molecular weight is 336 g/mol. The van der Waals surface area contributed by atoms with E-state index < -0.39 is 28.4 Å². The van der Waals surface area contributed by atoms with Crippen molar-refractivity contribution in [2.75, 3.05) is 11.1 Å². The molecule has 0 saturated carbocycles. The quantitative estimate of drug-likeness (QED) is 0.783. The third-order valence-electron chi connectivity index (χ3n) is 2.78. The number of benzene rings is 1. The Labute approximate surface area is 133 Å². The first kappa shape index (κ1) is 16.7. The standard InChI is InChI=1S/C14H13FN4O3S/c1-8-11(6-17-14(18-8)23(22)7-12(16)20)13(21)19-10-4-2-9(15)3-5-10/h2-6H,7H2,1H3,(H2,16,20)(H,19,21). The molecule has 0 radical (unpaired) electrons. The fourth-order valence-corrected chi connectivity index (χ4v) is 2.50. The van der Waals surface area contributed by atoms with Gasteiger partial charge in [0.15, 0.2) is 0 Å². The molecule has 1 aromatic carbocycles. The van der Waals surface area contributed by atoms with Crippen LogP contribution >= 0.6 is 0 Å². The first-order chi connectivity index (χ1) is 10.9. The summed E-state index contributed by atoms with van der Waals surface area (Å²) in [4.78, 5) is 30.7. The van der Waals surface area contributed by atoms with Crippen molar-refractivity contribution in [1.29, 1.82) is 0 Å². The molecule has 7 nitrogen and oxygen atoms in total. The van der Waals surface area contributed by atoms with Crippen LogP contribution in [0.1, 0.15) is 16.1 Å². The molecule has 0 bridgehead atoms. The maximum Gasteiger partial charge on any atom is 0.259 e. The summed E-state index contributed by atoms with van der Waals surface area (Å²) in [6.07, 6.45) is 1.22. The number of halogens is 1. The van der Waals surface area contributed by atoms with Crippen LogP contribution in [0.2, 0.25) is 0 Å². The molecule has 0 spiro atoms. The molecular formula is C14H13FN4O3S. The number of amides is 2. The number of rotatable bonds is 5. The fraction of sp³-hybridized carbons (Fsp3) is 0.143. The van der Waals surface area contributed by atoms with Gasteiger partial charge in [-0.15, -0.1) is 0 Å². The number of nitrogens with one attached hydrogen (secondary N) is 1. The number of primary amides is 1. The maximum atomic E-state index is 12.8. The fourth-order valence-electron chi connectivity index (χ4n) is 1.70. The molecule has 1 atom stereocenters. The van der Waals surface area contributed by atoms with E-state index in [1.54, 1.807) is 6.92 Å². The van der Waals surface area contributed by atoms with Crippen LogP contribution in [-0.4, -0.2) is 31.7 Å². The summed E-state index contributed by atoms with van der Waals surface area (Å²) >= 11 is 0.